The van der Waals surface area contributed by atoms with Crippen molar-refractivity contribution in [1.29, 1.82) is 0 Å². The second-order valence-electron chi connectivity index (χ2n) is 14.1. The van der Waals surface area contributed by atoms with Crippen LogP contribution < -0.4 is 18.9 Å². The molecule has 0 saturated heterocycles. The average Bonchev–Trinajstić information content (AvgIpc) is 3.67. The number of methoxy groups -OCH3 is 2. The minimum Gasteiger partial charge on any atom is -0.497 e. The number of hydrogen-bond acceptors (Lipinski definition) is 12. The van der Waals surface area contributed by atoms with Crippen molar-refractivity contribution in [2.75, 3.05) is 41.5 Å². The molecule has 1 aliphatic carbocycles. The summed E-state index contributed by atoms with van der Waals surface area (Å²) in [6.07, 6.45) is 3.27. The topological polar surface area (TPSA) is 138 Å². The first-order valence-electron chi connectivity index (χ1n) is 19.0. The van der Waals surface area contributed by atoms with E-state index in [9.17, 15) is 9.90 Å². The Morgan fingerprint density at radius 3 is 2.53 bits per heavy atom. The molecule has 0 bridgehead atoms. The molecule has 0 fully saturated rings. The molecule has 3 aromatic heterocycles. The number of likely N-dealkylation sites (N-methyl/N-ethyl adjacent to an activating group) is 1. The van der Waals surface area contributed by atoms with Crippen molar-refractivity contribution in [3.05, 3.63) is 124 Å². The van der Waals surface area contributed by atoms with Gasteiger partial charge in [0.1, 0.15) is 36.2 Å². The summed E-state index contributed by atoms with van der Waals surface area (Å²) in [5, 5.41) is 11.8. The first kappa shape index (κ1) is 41.2. The van der Waals surface area contributed by atoms with Gasteiger partial charge in [-0.3, -0.25) is 4.98 Å². The normalized spacial score (nSPS) is 13.5. The molecule has 0 unspecified atom stereocenters. The number of allylic oxidation sites excluding steroid dienone is 4. The van der Waals surface area contributed by atoms with E-state index in [1.54, 1.807) is 38.7 Å². The predicted octanol–water partition coefficient (Wildman–Crippen LogP) is 9.08. The molecule has 0 amide bonds. The number of carbonyl (C=O) groups is 1. The minimum atomic E-state index is -1.32. The van der Waals surface area contributed by atoms with Crippen molar-refractivity contribution >= 4 is 44.8 Å². The number of carboxylic acids is 1. The van der Waals surface area contributed by atoms with E-state index >= 15 is 0 Å². The van der Waals surface area contributed by atoms with Gasteiger partial charge in [-0.05, 0) is 92.1 Å². The van der Waals surface area contributed by atoms with Crippen molar-refractivity contribution in [3.63, 3.8) is 0 Å². The van der Waals surface area contributed by atoms with E-state index in [4.69, 9.17) is 45.3 Å². The fourth-order valence-electron chi connectivity index (χ4n) is 6.87. The molecule has 0 radical (unpaired) electrons. The van der Waals surface area contributed by atoms with Crippen LogP contribution in [0.15, 0.2) is 108 Å². The number of ether oxygens (including phenoxy) is 5. The van der Waals surface area contributed by atoms with Crippen molar-refractivity contribution < 1.29 is 33.6 Å². The Morgan fingerprint density at radius 2 is 1.75 bits per heavy atom. The monoisotopic (exact) mass is 833 g/mol. The lowest BCUT2D eigenvalue weighted by Crippen LogP contribution is -2.29. The average molecular weight is 834 g/mol. The number of nitrogens with zero attached hydrogens (tertiary/aromatic N) is 5. The summed E-state index contributed by atoms with van der Waals surface area (Å²) < 4.78 is 35.3. The first-order valence-corrected chi connectivity index (χ1v) is 20.1. The molecule has 0 aliphatic heterocycles. The molecular weight excluding hydrogens is 790 g/mol. The van der Waals surface area contributed by atoms with Gasteiger partial charge in [-0.15, -0.1) is 0 Å². The number of benzene rings is 3. The highest BCUT2D eigenvalue weighted by molar-refractivity contribution is 7.13. The third-order valence-electron chi connectivity index (χ3n) is 9.92. The Bertz CT molecular complexity index is 2540. The molecule has 0 spiro atoms. The zero-order valence-corrected chi connectivity index (χ0v) is 35.0. The van der Waals surface area contributed by atoms with E-state index in [0.29, 0.717) is 69.9 Å². The van der Waals surface area contributed by atoms with Gasteiger partial charge in [0.05, 0.1) is 46.3 Å². The van der Waals surface area contributed by atoms with Crippen LogP contribution in [0.2, 0.25) is 0 Å². The highest BCUT2D eigenvalue weighted by Crippen LogP contribution is 2.47. The number of rotatable bonds is 17. The van der Waals surface area contributed by atoms with Crippen LogP contribution in [0.3, 0.4) is 0 Å². The third-order valence-corrected chi connectivity index (χ3v) is 11.2. The Hall–Kier alpha value is -6.02. The van der Waals surface area contributed by atoms with Crippen LogP contribution >= 0.6 is 23.1 Å². The van der Waals surface area contributed by atoms with Crippen molar-refractivity contribution in [2.45, 2.75) is 38.9 Å². The van der Waals surface area contributed by atoms with Crippen LogP contribution in [0, 0.1) is 0 Å². The molecular formula is C45H44ClN5O7S. The van der Waals surface area contributed by atoms with Crippen LogP contribution in [-0.4, -0.2) is 82.9 Å². The van der Waals surface area contributed by atoms with Gasteiger partial charge in [0, 0.05) is 42.9 Å². The number of aliphatic carboxylic acids is 1. The van der Waals surface area contributed by atoms with E-state index in [-0.39, 0.29) is 18.9 Å². The Balaban J connectivity index is 1.22. The SMILES string of the molecule is COc1cccc(-c2ncc3snc(O[C@H](Cc4ccccc4OCc4ccnc(-c5ccccc5OC)n4)C(=O)O)c3c2C2=C(C)C(Cl)=C(OCCN(C)C)CC2)c1. The predicted molar refractivity (Wildman–Crippen MR) is 229 cm³/mol. The molecule has 12 nitrogen and oxygen atoms in total. The maximum Gasteiger partial charge on any atom is 0.345 e. The Morgan fingerprint density at radius 1 is 0.949 bits per heavy atom. The molecule has 304 valence electrons. The van der Waals surface area contributed by atoms with E-state index in [0.717, 1.165) is 44.8 Å². The van der Waals surface area contributed by atoms with Crippen molar-refractivity contribution in [3.8, 4) is 45.8 Å². The van der Waals surface area contributed by atoms with Crippen LogP contribution in [0.5, 0.6) is 23.1 Å². The van der Waals surface area contributed by atoms with Gasteiger partial charge >= 0.3 is 5.97 Å². The molecule has 7 rings (SSSR count). The maximum atomic E-state index is 13.0. The lowest BCUT2D eigenvalue weighted by Gasteiger charge is -2.24. The summed E-state index contributed by atoms with van der Waals surface area (Å²) >= 11 is 8.24. The van der Waals surface area contributed by atoms with Gasteiger partial charge in [-0.25, -0.2) is 14.8 Å². The fraction of sp³-hybridized carbons (Fsp3) is 0.267. The highest BCUT2D eigenvalue weighted by Gasteiger charge is 2.30. The van der Waals surface area contributed by atoms with Crippen LogP contribution in [0.25, 0.3) is 38.3 Å². The number of pyridine rings is 1. The summed E-state index contributed by atoms with van der Waals surface area (Å²) in [7, 11) is 7.21. The Labute approximate surface area is 351 Å². The van der Waals surface area contributed by atoms with Crippen LogP contribution in [0.1, 0.15) is 36.6 Å². The van der Waals surface area contributed by atoms with Crippen molar-refractivity contribution in [2.24, 2.45) is 0 Å². The molecule has 6 aromatic rings. The Kier molecular flexibility index (Phi) is 13.0. The molecule has 1 aliphatic rings. The molecule has 3 heterocycles. The summed E-state index contributed by atoms with van der Waals surface area (Å²) in [6.45, 7) is 3.35. The molecule has 3 aromatic carbocycles. The maximum absolute atomic E-state index is 13.0. The van der Waals surface area contributed by atoms with Crippen LogP contribution in [-0.2, 0) is 22.6 Å². The quantitative estimate of drug-likeness (QED) is 0.0938. The third kappa shape index (κ3) is 9.33. The smallest absolute Gasteiger partial charge is 0.345 e. The number of carboxylic acid groups (broad SMARTS) is 1. The largest absolute Gasteiger partial charge is 0.497 e. The summed E-state index contributed by atoms with van der Waals surface area (Å²) in [5.41, 5.74) is 6.07. The molecule has 1 atom stereocenters. The molecule has 14 heteroatoms. The summed E-state index contributed by atoms with van der Waals surface area (Å²) in [5.74, 6) is 2.10. The minimum absolute atomic E-state index is 0.00609. The number of para-hydroxylation sites is 2. The zero-order chi connectivity index (χ0) is 41.5. The van der Waals surface area contributed by atoms with Gasteiger partial charge in [-0.1, -0.05) is 54.1 Å². The zero-order valence-electron chi connectivity index (χ0n) is 33.4. The van der Waals surface area contributed by atoms with E-state index in [1.807, 2.05) is 87.7 Å². The molecule has 0 saturated carbocycles. The van der Waals surface area contributed by atoms with Crippen molar-refractivity contribution in [1.82, 2.24) is 24.2 Å². The van der Waals surface area contributed by atoms with Gasteiger partial charge in [0.25, 0.3) is 0 Å². The second kappa shape index (κ2) is 18.7. The standard InChI is InChI=1S/C45H44ClN5O7S/c1-27-32(17-18-36(41(27)46)56-22-21-51(2)3)39-40-38(25-48-42(39)29-12-10-13-31(23-29)54-4)59-50-44(40)58-37(45(52)53)24-28-11-6-8-15-34(28)57-26-30-19-20-47-43(49-30)33-14-7-9-16-35(33)55-5/h6-16,19-20,23,25,37H,17-18,21-22,24,26H2,1-5H3,(H,52,53)/t37-/m1/s1. The molecule has 59 heavy (non-hydrogen) atoms. The summed E-state index contributed by atoms with van der Waals surface area (Å²) in [4.78, 5) is 29.1. The number of fused-ring (bicyclic) bond motifs is 1. The lowest BCUT2D eigenvalue weighted by molar-refractivity contribution is -0.145. The van der Waals surface area contributed by atoms with Crippen LogP contribution in [0.4, 0.5) is 0 Å². The van der Waals surface area contributed by atoms with E-state index < -0.39 is 12.1 Å². The highest BCUT2D eigenvalue weighted by atomic mass is 35.5. The lowest BCUT2D eigenvalue weighted by atomic mass is 9.87. The number of aromatic nitrogens is 4. The fourth-order valence-corrected chi connectivity index (χ4v) is 7.83. The van der Waals surface area contributed by atoms with Gasteiger partial charge in [0.2, 0.25) is 12.0 Å². The van der Waals surface area contributed by atoms with E-state index in [2.05, 4.69) is 14.3 Å². The first-order chi connectivity index (χ1) is 28.6. The number of halogens is 1. The van der Waals surface area contributed by atoms with Gasteiger partial charge in [-0.2, -0.15) is 4.37 Å². The second-order valence-corrected chi connectivity index (χ2v) is 15.2. The number of hydrogen-bond donors (Lipinski definition) is 1. The van der Waals surface area contributed by atoms with Gasteiger partial charge < -0.3 is 33.7 Å². The van der Waals surface area contributed by atoms with E-state index in [1.165, 1.54) is 11.5 Å². The molecule has 1 N–H and O–H groups in total. The van der Waals surface area contributed by atoms with Gasteiger partial charge in [0.15, 0.2) is 5.82 Å². The summed E-state index contributed by atoms with van der Waals surface area (Å²) in [6, 6.07) is 24.3.